The molecule has 0 bridgehead atoms. The van der Waals surface area contributed by atoms with Crippen molar-refractivity contribution in [1.82, 2.24) is 4.90 Å². The van der Waals surface area contributed by atoms with Crippen LogP contribution in [0.4, 0.5) is 15.8 Å². The maximum absolute atomic E-state index is 15.3. The van der Waals surface area contributed by atoms with E-state index >= 15 is 4.39 Å². The minimum atomic E-state index is -1.03. The van der Waals surface area contributed by atoms with Gasteiger partial charge in [-0.15, -0.1) is 0 Å². The van der Waals surface area contributed by atoms with Gasteiger partial charge in [-0.1, -0.05) is 25.4 Å². The number of benzene rings is 2. The normalized spacial score (nSPS) is 16.2. The number of rotatable bonds is 8. The molecule has 1 saturated heterocycles. The Labute approximate surface area is 233 Å². The summed E-state index contributed by atoms with van der Waals surface area (Å²) in [6.07, 6.45) is 1.96. The number of carboxylic acids is 1. The van der Waals surface area contributed by atoms with Crippen LogP contribution in [0.5, 0.6) is 5.75 Å². The molecule has 1 atom stereocenters. The van der Waals surface area contributed by atoms with Gasteiger partial charge in [0, 0.05) is 69.6 Å². The number of amides is 1. The second-order valence-corrected chi connectivity index (χ2v) is 10.8. The Morgan fingerprint density at radius 1 is 1.10 bits per heavy atom. The average molecular weight is 560 g/mol. The van der Waals surface area contributed by atoms with E-state index in [-0.39, 0.29) is 47.9 Å². The maximum atomic E-state index is 15.3. The van der Waals surface area contributed by atoms with Crippen molar-refractivity contribution < 1.29 is 28.9 Å². The molecule has 2 aromatic rings. The lowest BCUT2D eigenvalue weighted by Crippen LogP contribution is -2.48. The molecule has 0 aromatic heterocycles. The van der Waals surface area contributed by atoms with E-state index < -0.39 is 11.8 Å². The van der Waals surface area contributed by atoms with E-state index in [1.165, 1.54) is 7.11 Å². The van der Waals surface area contributed by atoms with Gasteiger partial charge in [0.15, 0.2) is 0 Å². The minimum Gasteiger partial charge on any atom is -0.496 e. The topological polar surface area (TPSA) is 93.5 Å². The molecule has 1 unspecified atom stereocenters. The van der Waals surface area contributed by atoms with Gasteiger partial charge < -0.3 is 29.6 Å². The van der Waals surface area contributed by atoms with Gasteiger partial charge in [-0.3, -0.25) is 4.79 Å². The van der Waals surface area contributed by atoms with E-state index in [1.807, 2.05) is 26.0 Å². The fourth-order valence-electron chi connectivity index (χ4n) is 5.31. The van der Waals surface area contributed by atoms with Gasteiger partial charge in [-0.05, 0) is 40.8 Å². The number of aliphatic hydroxyl groups excluding tert-OH is 1. The number of methoxy groups -OCH3 is 1. The third-order valence-electron chi connectivity index (χ3n) is 7.58. The zero-order valence-corrected chi connectivity index (χ0v) is 23.5. The number of fused-ring (bicyclic) bond motifs is 1. The standard InChI is InChI=1S/C29H35ClFN3O5/c1-17(2)26(16-35)34-15-22(29(37)38)10-19-9-20(27(39-4)14-25(19)34)11-21-12-23(13-24(30)28(21)31)33-7-5-32(6-8-33)18(3)36/h9,12-15,17,26,35H,5-8,10-11,16H2,1-4H3,(H,37,38). The van der Waals surface area contributed by atoms with Crippen molar-refractivity contribution >= 4 is 34.9 Å². The first-order chi connectivity index (χ1) is 18.5. The lowest BCUT2D eigenvalue weighted by molar-refractivity contribution is -0.133. The number of carbonyl (C=O) groups excluding carboxylic acids is 1. The molecule has 2 aliphatic rings. The Morgan fingerprint density at radius 2 is 1.79 bits per heavy atom. The van der Waals surface area contributed by atoms with Gasteiger partial charge in [0.05, 0.1) is 30.4 Å². The molecule has 2 aliphatic heterocycles. The van der Waals surface area contributed by atoms with Crippen LogP contribution in [0.15, 0.2) is 36.0 Å². The number of ether oxygens (including phenoxy) is 1. The molecule has 1 amide bonds. The van der Waals surface area contributed by atoms with Crippen LogP contribution >= 0.6 is 11.6 Å². The number of carboxylic acid groups (broad SMARTS) is 1. The van der Waals surface area contributed by atoms with E-state index in [1.54, 1.807) is 35.1 Å². The summed E-state index contributed by atoms with van der Waals surface area (Å²) in [6.45, 7) is 7.73. The minimum absolute atomic E-state index is 0.0124. The Morgan fingerprint density at radius 3 is 2.36 bits per heavy atom. The van der Waals surface area contributed by atoms with Crippen molar-refractivity contribution in [2.45, 2.75) is 39.7 Å². The third kappa shape index (κ3) is 5.99. The first-order valence-corrected chi connectivity index (χ1v) is 13.4. The van der Waals surface area contributed by atoms with Crippen LogP contribution in [-0.2, 0) is 22.4 Å². The zero-order valence-electron chi connectivity index (χ0n) is 22.7. The Balaban J connectivity index is 1.70. The Kier molecular flexibility index (Phi) is 8.71. The van der Waals surface area contributed by atoms with Gasteiger partial charge in [-0.25, -0.2) is 9.18 Å². The molecule has 8 nitrogen and oxygen atoms in total. The van der Waals surface area contributed by atoms with Crippen LogP contribution in [-0.4, -0.2) is 72.9 Å². The van der Waals surface area contributed by atoms with Crippen molar-refractivity contribution in [2.24, 2.45) is 5.92 Å². The highest BCUT2D eigenvalue weighted by molar-refractivity contribution is 6.31. The molecule has 2 N–H and O–H groups in total. The summed E-state index contributed by atoms with van der Waals surface area (Å²) in [5.74, 6) is -0.934. The van der Waals surface area contributed by atoms with E-state index in [9.17, 15) is 19.8 Å². The smallest absolute Gasteiger partial charge is 0.333 e. The number of hydrogen-bond acceptors (Lipinski definition) is 6. The highest BCUT2D eigenvalue weighted by Crippen LogP contribution is 2.39. The Hall–Kier alpha value is -3.30. The largest absolute Gasteiger partial charge is 0.496 e. The molecule has 0 radical (unpaired) electrons. The van der Waals surface area contributed by atoms with Gasteiger partial charge in [0.2, 0.25) is 5.91 Å². The fourth-order valence-corrected chi connectivity index (χ4v) is 5.55. The first-order valence-electron chi connectivity index (χ1n) is 13.0. The number of carbonyl (C=O) groups is 2. The van der Waals surface area contributed by atoms with Crippen molar-refractivity contribution in [3.8, 4) is 5.75 Å². The quantitative estimate of drug-likeness (QED) is 0.503. The molecular weight excluding hydrogens is 525 g/mol. The van der Waals surface area contributed by atoms with E-state index in [0.29, 0.717) is 43.1 Å². The third-order valence-corrected chi connectivity index (χ3v) is 7.86. The van der Waals surface area contributed by atoms with Crippen LogP contribution in [0.3, 0.4) is 0 Å². The number of aliphatic hydroxyl groups is 1. The van der Waals surface area contributed by atoms with Gasteiger partial charge >= 0.3 is 5.97 Å². The number of hydrogen-bond donors (Lipinski definition) is 2. The van der Waals surface area contributed by atoms with Crippen LogP contribution in [0.25, 0.3) is 0 Å². The number of anilines is 2. The first kappa shape index (κ1) is 28.7. The van der Waals surface area contributed by atoms with E-state index in [0.717, 1.165) is 16.9 Å². The SMILES string of the molecule is COc1cc2c(cc1Cc1cc(N3CCN(C(C)=O)CC3)cc(Cl)c1F)CC(C(=O)O)=CN2C(CO)C(C)C. The number of aliphatic carboxylic acids is 1. The van der Waals surface area contributed by atoms with Crippen LogP contribution < -0.4 is 14.5 Å². The molecule has 2 aromatic carbocycles. The van der Waals surface area contributed by atoms with Crippen molar-refractivity contribution in [3.05, 3.63) is 63.6 Å². The molecule has 10 heteroatoms. The summed E-state index contributed by atoms with van der Waals surface area (Å²) >= 11 is 6.33. The number of nitrogens with zero attached hydrogens (tertiary/aromatic N) is 3. The predicted molar refractivity (Wildman–Crippen MR) is 149 cm³/mol. The number of halogens is 2. The molecular formula is C29H35ClFN3O5. The summed E-state index contributed by atoms with van der Waals surface area (Å²) in [6, 6.07) is 6.74. The lowest BCUT2D eigenvalue weighted by atomic mass is 9.92. The predicted octanol–water partition coefficient (Wildman–Crippen LogP) is 4.09. The number of piperazine rings is 1. The van der Waals surface area contributed by atoms with Gasteiger partial charge in [-0.2, -0.15) is 0 Å². The fraction of sp³-hybridized carbons (Fsp3) is 0.448. The van der Waals surface area contributed by atoms with Crippen molar-refractivity contribution in [2.75, 3.05) is 49.7 Å². The van der Waals surface area contributed by atoms with Crippen LogP contribution in [0.2, 0.25) is 5.02 Å². The molecule has 0 spiro atoms. The molecule has 0 aliphatic carbocycles. The summed E-state index contributed by atoms with van der Waals surface area (Å²) in [5, 5.41) is 19.9. The van der Waals surface area contributed by atoms with Crippen LogP contribution in [0, 0.1) is 11.7 Å². The van der Waals surface area contributed by atoms with Crippen molar-refractivity contribution in [3.63, 3.8) is 0 Å². The summed E-state index contributed by atoms with van der Waals surface area (Å²) < 4.78 is 21.0. The molecule has 1 fully saturated rings. The monoisotopic (exact) mass is 559 g/mol. The summed E-state index contributed by atoms with van der Waals surface area (Å²) in [5.41, 5.74) is 3.58. The average Bonchev–Trinajstić information content (AvgIpc) is 2.90. The Bertz CT molecular complexity index is 1290. The maximum Gasteiger partial charge on any atom is 0.333 e. The molecule has 2 heterocycles. The van der Waals surface area contributed by atoms with Crippen LogP contribution in [0.1, 0.15) is 37.5 Å². The van der Waals surface area contributed by atoms with Gasteiger partial charge in [0.25, 0.3) is 0 Å². The molecule has 210 valence electrons. The lowest BCUT2D eigenvalue weighted by Gasteiger charge is -2.37. The molecule has 39 heavy (non-hydrogen) atoms. The summed E-state index contributed by atoms with van der Waals surface area (Å²) in [4.78, 5) is 29.3. The molecule has 4 rings (SSSR count). The second kappa shape index (κ2) is 11.8. The van der Waals surface area contributed by atoms with E-state index in [4.69, 9.17) is 16.3 Å². The van der Waals surface area contributed by atoms with Gasteiger partial charge in [0.1, 0.15) is 11.6 Å². The summed E-state index contributed by atoms with van der Waals surface area (Å²) in [7, 11) is 1.54. The highest BCUT2D eigenvalue weighted by Gasteiger charge is 2.30. The zero-order chi connectivity index (χ0) is 28.4. The second-order valence-electron chi connectivity index (χ2n) is 10.4. The van der Waals surface area contributed by atoms with Crippen molar-refractivity contribution in [1.29, 1.82) is 0 Å². The van der Waals surface area contributed by atoms with E-state index in [2.05, 4.69) is 4.90 Å². The molecule has 0 saturated carbocycles. The highest BCUT2D eigenvalue weighted by atomic mass is 35.5.